The SMILES string of the molecule is COC(C)(C)C(Cc1cncc(Br)c1)NN. The largest absolute Gasteiger partial charge is 0.377 e. The lowest BCUT2D eigenvalue weighted by atomic mass is 9.93. The van der Waals surface area contributed by atoms with Crippen LogP contribution in [0.1, 0.15) is 19.4 Å². The van der Waals surface area contributed by atoms with Crippen LogP contribution in [0, 0.1) is 0 Å². The maximum atomic E-state index is 5.56. The first-order valence-corrected chi connectivity index (χ1v) is 5.89. The number of nitrogens with one attached hydrogen (secondary N) is 1. The van der Waals surface area contributed by atoms with Crippen molar-refractivity contribution in [3.63, 3.8) is 0 Å². The molecular weight excluding hydrogens is 270 g/mol. The molecule has 3 N–H and O–H groups in total. The number of hydrogen-bond donors (Lipinski definition) is 2. The molecule has 0 spiro atoms. The molecular formula is C11H18BrN3O. The summed E-state index contributed by atoms with van der Waals surface area (Å²) in [4.78, 5) is 4.12. The normalized spacial score (nSPS) is 13.8. The summed E-state index contributed by atoms with van der Waals surface area (Å²) >= 11 is 3.40. The smallest absolute Gasteiger partial charge is 0.0791 e. The molecule has 1 aromatic rings. The third kappa shape index (κ3) is 3.52. The van der Waals surface area contributed by atoms with Gasteiger partial charge in [0.1, 0.15) is 0 Å². The van der Waals surface area contributed by atoms with Gasteiger partial charge >= 0.3 is 0 Å². The Bertz CT molecular complexity index is 344. The van der Waals surface area contributed by atoms with Gasteiger partial charge in [0, 0.05) is 24.0 Å². The molecule has 0 amide bonds. The van der Waals surface area contributed by atoms with E-state index in [9.17, 15) is 0 Å². The monoisotopic (exact) mass is 287 g/mol. The molecule has 0 saturated carbocycles. The Morgan fingerprint density at radius 3 is 2.75 bits per heavy atom. The van der Waals surface area contributed by atoms with Gasteiger partial charge in [-0.05, 0) is 47.8 Å². The number of hydrazine groups is 1. The molecule has 0 radical (unpaired) electrons. The number of nitrogens with two attached hydrogens (primary N) is 1. The summed E-state index contributed by atoms with van der Waals surface area (Å²) in [7, 11) is 1.68. The number of pyridine rings is 1. The molecule has 90 valence electrons. The van der Waals surface area contributed by atoms with Gasteiger partial charge < -0.3 is 4.74 Å². The van der Waals surface area contributed by atoms with Crippen molar-refractivity contribution in [3.8, 4) is 0 Å². The lowest BCUT2D eigenvalue weighted by Gasteiger charge is -2.32. The molecule has 0 aliphatic rings. The molecule has 1 heterocycles. The van der Waals surface area contributed by atoms with Crippen LogP contribution >= 0.6 is 15.9 Å². The van der Waals surface area contributed by atoms with Gasteiger partial charge in [-0.1, -0.05) is 0 Å². The minimum atomic E-state index is -0.322. The predicted molar refractivity (Wildman–Crippen MR) is 67.8 cm³/mol. The van der Waals surface area contributed by atoms with Gasteiger partial charge in [0.25, 0.3) is 0 Å². The second-order valence-electron chi connectivity index (χ2n) is 4.24. The highest BCUT2D eigenvalue weighted by Crippen LogP contribution is 2.18. The number of rotatable bonds is 5. The Balaban J connectivity index is 2.78. The minimum absolute atomic E-state index is 0.0357. The van der Waals surface area contributed by atoms with Gasteiger partial charge in [-0.3, -0.25) is 16.3 Å². The van der Waals surface area contributed by atoms with Gasteiger partial charge in [-0.25, -0.2) is 0 Å². The lowest BCUT2D eigenvalue weighted by Crippen LogP contribution is -2.52. The third-order valence-corrected chi connectivity index (χ3v) is 3.20. The number of nitrogens with zero attached hydrogens (tertiary/aromatic N) is 1. The van der Waals surface area contributed by atoms with Gasteiger partial charge in [0.2, 0.25) is 0 Å². The molecule has 4 nitrogen and oxygen atoms in total. The van der Waals surface area contributed by atoms with E-state index in [4.69, 9.17) is 10.6 Å². The third-order valence-electron chi connectivity index (χ3n) is 2.77. The summed E-state index contributed by atoms with van der Waals surface area (Å²) in [5, 5.41) is 0. The number of halogens is 1. The van der Waals surface area contributed by atoms with Crippen LogP contribution < -0.4 is 11.3 Å². The summed E-state index contributed by atoms with van der Waals surface area (Å²) in [6, 6.07) is 2.07. The summed E-state index contributed by atoms with van der Waals surface area (Å²) in [5.74, 6) is 5.56. The van der Waals surface area contributed by atoms with Crippen molar-refractivity contribution in [2.24, 2.45) is 5.84 Å². The fourth-order valence-electron chi connectivity index (χ4n) is 1.45. The highest BCUT2D eigenvalue weighted by molar-refractivity contribution is 9.10. The first-order valence-electron chi connectivity index (χ1n) is 5.10. The zero-order chi connectivity index (χ0) is 12.2. The summed E-state index contributed by atoms with van der Waals surface area (Å²) in [6.07, 6.45) is 4.36. The van der Waals surface area contributed by atoms with Crippen LogP contribution in [0.2, 0.25) is 0 Å². The molecule has 0 aromatic carbocycles. The molecule has 1 aromatic heterocycles. The molecule has 0 bridgehead atoms. The summed E-state index contributed by atoms with van der Waals surface area (Å²) in [5.41, 5.74) is 3.58. The zero-order valence-corrected chi connectivity index (χ0v) is 11.4. The van der Waals surface area contributed by atoms with Gasteiger partial charge in [0.05, 0.1) is 11.6 Å². The van der Waals surface area contributed by atoms with Crippen LogP contribution in [0.3, 0.4) is 0 Å². The molecule has 0 aliphatic heterocycles. The molecule has 16 heavy (non-hydrogen) atoms. The maximum absolute atomic E-state index is 5.56. The van der Waals surface area contributed by atoms with Crippen LogP contribution in [0.25, 0.3) is 0 Å². The van der Waals surface area contributed by atoms with Crippen molar-refractivity contribution in [2.75, 3.05) is 7.11 Å². The average molecular weight is 288 g/mol. The second-order valence-corrected chi connectivity index (χ2v) is 5.16. The van der Waals surface area contributed by atoms with E-state index in [-0.39, 0.29) is 11.6 Å². The van der Waals surface area contributed by atoms with Crippen molar-refractivity contribution in [2.45, 2.75) is 31.9 Å². The zero-order valence-electron chi connectivity index (χ0n) is 9.83. The Kier molecular flexibility index (Phi) is 4.86. The highest BCUT2D eigenvalue weighted by atomic mass is 79.9. The topological polar surface area (TPSA) is 60.2 Å². The minimum Gasteiger partial charge on any atom is -0.377 e. The van der Waals surface area contributed by atoms with E-state index in [1.54, 1.807) is 13.3 Å². The van der Waals surface area contributed by atoms with Crippen molar-refractivity contribution in [1.29, 1.82) is 0 Å². The van der Waals surface area contributed by atoms with E-state index < -0.39 is 0 Å². The first kappa shape index (κ1) is 13.6. The van der Waals surface area contributed by atoms with E-state index >= 15 is 0 Å². The maximum Gasteiger partial charge on any atom is 0.0791 e. The van der Waals surface area contributed by atoms with Gasteiger partial charge in [-0.2, -0.15) is 0 Å². The Labute approximate surface area is 105 Å². The fraction of sp³-hybridized carbons (Fsp3) is 0.545. The molecule has 1 atom stereocenters. The van der Waals surface area contributed by atoms with Crippen molar-refractivity contribution in [1.82, 2.24) is 10.4 Å². The summed E-state index contributed by atoms with van der Waals surface area (Å²) < 4.78 is 6.39. The number of aromatic nitrogens is 1. The van der Waals surface area contributed by atoms with E-state index in [0.717, 1.165) is 16.5 Å². The highest BCUT2D eigenvalue weighted by Gasteiger charge is 2.28. The van der Waals surface area contributed by atoms with Crippen molar-refractivity contribution in [3.05, 3.63) is 28.5 Å². The van der Waals surface area contributed by atoms with Gasteiger partial charge in [0.15, 0.2) is 0 Å². The van der Waals surface area contributed by atoms with E-state index in [1.165, 1.54) is 0 Å². The van der Waals surface area contributed by atoms with Crippen LogP contribution in [0.5, 0.6) is 0 Å². The molecule has 0 aliphatic carbocycles. The van der Waals surface area contributed by atoms with Crippen LogP contribution in [-0.2, 0) is 11.2 Å². The Morgan fingerprint density at radius 2 is 2.25 bits per heavy atom. The number of ether oxygens (including phenoxy) is 1. The standard InChI is InChI=1S/C11H18BrN3O/c1-11(2,16-3)10(15-13)5-8-4-9(12)7-14-6-8/h4,6-7,10,15H,5,13H2,1-3H3. The lowest BCUT2D eigenvalue weighted by molar-refractivity contribution is -0.0101. The van der Waals surface area contributed by atoms with E-state index in [1.807, 2.05) is 26.1 Å². The predicted octanol–water partition coefficient (Wildman–Crippen LogP) is 1.64. The fourth-order valence-corrected chi connectivity index (χ4v) is 1.86. The number of hydrogen-bond acceptors (Lipinski definition) is 4. The average Bonchev–Trinajstić information content (AvgIpc) is 2.25. The van der Waals surface area contributed by atoms with Crippen LogP contribution in [0.15, 0.2) is 22.9 Å². The van der Waals surface area contributed by atoms with Crippen molar-refractivity contribution >= 4 is 15.9 Å². The van der Waals surface area contributed by atoms with E-state index in [0.29, 0.717) is 0 Å². The van der Waals surface area contributed by atoms with E-state index in [2.05, 4.69) is 26.3 Å². The van der Waals surface area contributed by atoms with Crippen molar-refractivity contribution < 1.29 is 4.74 Å². The molecule has 5 heteroatoms. The summed E-state index contributed by atoms with van der Waals surface area (Å²) in [6.45, 7) is 4.01. The van der Waals surface area contributed by atoms with Crippen LogP contribution in [-0.4, -0.2) is 23.7 Å². The molecule has 0 saturated heterocycles. The Hall–Kier alpha value is -0.490. The Morgan fingerprint density at radius 1 is 1.56 bits per heavy atom. The quantitative estimate of drug-likeness (QED) is 0.639. The number of methoxy groups -OCH3 is 1. The second kappa shape index (κ2) is 5.72. The van der Waals surface area contributed by atoms with Crippen LogP contribution in [0.4, 0.5) is 0 Å². The first-order chi connectivity index (χ1) is 7.49. The van der Waals surface area contributed by atoms with Gasteiger partial charge in [-0.15, -0.1) is 0 Å². The molecule has 1 unspecified atom stereocenters. The molecule has 1 rings (SSSR count). The molecule has 0 fully saturated rings.